The fourth-order valence-corrected chi connectivity index (χ4v) is 2.65. The number of hydrogen-bond acceptors (Lipinski definition) is 4. The molecule has 1 aliphatic rings. The van der Waals surface area contributed by atoms with Gasteiger partial charge >= 0.3 is 5.69 Å². The van der Waals surface area contributed by atoms with Crippen LogP contribution in [0.1, 0.15) is 24.8 Å². The Morgan fingerprint density at radius 2 is 2.00 bits per heavy atom. The molecule has 0 heterocycles. The molecular formula is C14H19F2N3O2. The standard InChI is InChI=1S/C14H19F2N3O2/c1-18(2)14(4-3-5-14)9-17-8-10-6-13(19(20)21)12(16)7-11(10)15/h6-7,17H,3-5,8-9H2,1-2H3. The molecule has 1 aromatic rings. The molecule has 1 N–H and O–H groups in total. The van der Waals surface area contributed by atoms with Gasteiger partial charge in [0.2, 0.25) is 5.82 Å². The van der Waals surface area contributed by atoms with Crippen molar-refractivity contribution in [1.29, 1.82) is 0 Å². The maximum Gasteiger partial charge on any atom is 0.305 e. The summed E-state index contributed by atoms with van der Waals surface area (Å²) >= 11 is 0. The first-order valence-electron chi connectivity index (χ1n) is 6.86. The van der Waals surface area contributed by atoms with Crippen molar-refractivity contribution in [2.45, 2.75) is 31.3 Å². The number of likely N-dealkylation sites (N-methyl/N-ethyl adjacent to an activating group) is 1. The van der Waals surface area contributed by atoms with Gasteiger partial charge in [-0.25, -0.2) is 4.39 Å². The summed E-state index contributed by atoms with van der Waals surface area (Å²) in [5.74, 6) is -1.91. The number of nitrogens with zero attached hydrogens (tertiary/aromatic N) is 2. The average molecular weight is 299 g/mol. The average Bonchev–Trinajstić information content (AvgIpc) is 2.33. The molecule has 0 radical (unpaired) electrons. The van der Waals surface area contributed by atoms with Gasteiger partial charge in [-0.2, -0.15) is 4.39 Å². The van der Waals surface area contributed by atoms with Crippen molar-refractivity contribution in [3.8, 4) is 0 Å². The molecule has 1 aromatic carbocycles. The van der Waals surface area contributed by atoms with Gasteiger partial charge in [0.25, 0.3) is 0 Å². The summed E-state index contributed by atoms with van der Waals surface area (Å²) in [5.41, 5.74) is -0.516. The zero-order valence-electron chi connectivity index (χ0n) is 12.2. The zero-order chi connectivity index (χ0) is 15.6. The van der Waals surface area contributed by atoms with E-state index in [2.05, 4.69) is 10.2 Å². The molecule has 0 bridgehead atoms. The largest absolute Gasteiger partial charge is 0.311 e. The highest BCUT2D eigenvalue weighted by molar-refractivity contribution is 5.37. The Labute approximate surface area is 122 Å². The summed E-state index contributed by atoms with van der Waals surface area (Å²) in [6, 6.07) is 1.53. The van der Waals surface area contributed by atoms with Crippen LogP contribution in [0, 0.1) is 21.7 Å². The Morgan fingerprint density at radius 3 is 2.48 bits per heavy atom. The van der Waals surface area contributed by atoms with Gasteiger partial charge in [0, 0.05) is 36.3 Å². The SMILES string of the molecule is CN(C)C1(CNCc2cc([N+](=O)[O-])c(F)cc2F)CCC1. The van der Waals surface area contributed by atoms with Crippen LogP contribution < -0.4 is 5.32 Å². The van der Waals surface area contributed by atoms with Crippen molar-refractivity contribution in [1.82, 2.24) is 10.2 Å². The maximum absolute atomic E-state index is 13.7. The third-order valence-electron chi connectivity index (χ3n) is 4.32. The molecule has 0 amide bonds. The minimum atomic E-state index is -1.15. The first-order chi connectivity index (χ1) is 9.85. The highest BCUT2D eigenvalue weighted by Crippen LogP contribution is 2.35. The van der Waals surface area contributed by atoms with Gasteiger partial charge in [0.1, 0.15) is 5.82 Å². The molecule has 5 nitrogen and oxygen atoms in total. The smallest absolute Gasteiger partial charge is 0.305 e. The monoisotopic (exact) mass is 299 g/mol. The number of nitrogens with one attached hydrogen (secondary N) is 1. The fraction of sp³-hybridized carbons (Fsp3) is 0.571. The Bertz CT molecular complexity index is 545. The molecule has 1 saturated carbocycles. The van der Waals surface area contributed by atoms with Crippen molar-refractivity contribution in [2.24, 2.45) is 0 Å². The number of nitro benzene ring substituents is 1. The van der Waals surface area contributed by atoms with Crippen molar-refractivity contribution in [3.63, 3.8) is 0 Å². The van der Waals surface area contributed by atoms with Crippen LogP contribution in [0.3, 0.4) is 0 Å². The first kappa shape index (κ1) is 15.8. The van der Waals surface area contributed by atoms with Gasteiger partial charge in [-0.3, -0.25) is 10.1 Å². The van der Waals surface area contributed by atoms with E-state index in [1.165, 1.54) is 0 Å². The molecule has 1 aliphatic carbocycles. The van der Waals surface area contributed by atoms with E-state index in [1.54, 1.807) is 0 Å². The van der Waals surface area contributed by atoms with Crippen LogP contribution in [-0.4, -0.2) is 36.0 Å². The summed E-state index contributed by atoms with van der Waals surface area (Å²) in [6.45, 7) is 0.813. The number of rotatable bonds is 6. The Balaban J connectivity index is 2.03. The Hall–Kier alpha value is -1.60. The Kier molecular flexibility index (Phi) is 4.53. The van der Waals surface area contributed by atoms with E-state index in [4.69, 9.17) is 0 Å². The van der Waals surface area contributed by atoms with Gasteiger partial charge in [-0.05, 0) is 33.4 Å². The van der Waals surface area contributed by atoms with E-state index < -0.39 is 22.2 Å². The van der Waals surface area contributed by atoms with Crippen LogP contribution in [0.25, 0.3) is 0 Å². The molecule has 116 valence electrons. The lowest BCUT2D eigenvalue weighted by Crippen LogP contribution is -2.56. The summed E-state index contributed by atoms with van der Waals surface area (Å²) in [5, 5.41) is 13.8. The molecule has 2 rings (SSSR count). The summed E-state index contributed by atoms with van der Waals surface area (Å²) in [7, 11) is 4.01. The lowest BCUT2D eigenvalue weighted by Gasteiger charge is -2.47. The van der Waals surface area contributed by atoms with Crippen LogP contribution in [0.5, 0.6) is 0 Å². The van der Waals surface area contributed by atoms with Crippen LogP contribution in [0.15, 0.2) is 12.1 Å². The maximum atomic E-state index is 13.7. The summed E-state index contributed by atoms with van der Waals surface area (Å²) in [4.78, 5) is 12.0. The molecule has 0 saturated heterocycles. The number of nitro groups is 1. The minimum Gasteiger partial charge on any atom is -0.311 e. The van der Waals surface area contributed by atoms with Crippen molar-refractivity contribution < 1.29 is 13.7 Å². The predicted molar refractivity (Wildman–Crippen MR) is 75.0 cm³/mol. The highest BCUT2D eigenvalue weighted by atomic mass is 19.1. The molecular weight excluding hydrogens is 280 g/mol. The molecule has 0 unspecified atom stereocenters. The third-order valence-corrected chi connectivity index (χ3v) is 4.32. The number of benzene rings is 1. The molecule has 1 fully saturated rings. The van der Waals surface area contributed by atoms with E-state index >= 15 is 0 Å². The van der Waals surface area contributed by atoms with E-state index in [0.29, 0.717) is 12.6 Å². The fourth-order valence-electron chi connectivity index (χ4n) is 2.65. The Morgan fingerprint density at radius 1 is 1.33 bits per heavy atom. The van der Waals surface area contributed by atoms with Crippen LogP contribution in [-0.2, 0) is 6.54 Å². The molecule has 0 aliphatic heterocycles. The van der Waals surface area contributed by atoms with Crippen molar-refractivity contribution in [2.75, 3.05) is 20.6 Å². The van der Waals surface area contributed by atoms with E-state index in [0.717, 1.165) is 25.3 Å². The predicted octanol–water partition coefficient (Wildman–Crippen LogP) is 2.45. The third kappa shape index (κ3) is 3.19. The van der Waals surface area contributed by atoms with Gasteiger partial charge < -0.3 is 10.2 Å². The second-order valence-corrected chi connectivity index (χ2v) is 5.73. The van der Waals surface area contributed by atoms with E-state index in [-0.39, 0.29) is 17.6 Å². The summed E-state index contributed by atoms with van der Waals surface area (Å²) in [6.07, 6.45) is 3.30. The van der Waals surface area contributed by atoms with E-state index in [1.807, 2.05) is 14.1 Å². The lowest BCUT2D eigenvalue weighted by molar-refractivity contribution is -0.387. The highest BCUT2D eigenvalue weighted by Gasteiger charge is 2.38. The molecule has 0 spiro atoms. The van der Waals surface area contributed by atoms with Gasteiger partial charge in [-0.15, -0.1) is 0 Å². The van der Waals surface area contributed by atoms with Crippen molar-refractivity contribution >= 4 is 5.69 Å². The second-order valence-electron chi connectivity index (χ2n) is 5.73. The van der Waals surface area contributed by atoms with Gasteiger partial charge in [0.15, 0.2) is 0 Å². The first-order valence-corrected chi connectivity index (χ1v) is 6.86. The minimum absolute atomic E-state index is 0.0719. The zero-order valence-corrected chi connectivity index (χ0v) is 12.2. The quantitative estimate of drug-likeness (QED) is 0.647. The number of hydrogen-bond donors (Lipinski definition) is 1. The van der Waals surface area contributed by atoms with Crippen LogP contribution in [0.2, 0.25) is 0 Å². The summed E-state index contributed by atoms with van der Waals surface area (Å²) < 4.78 is 26.9. The molecule has 21 heavy (non-hydrogen) atoms. The van der Waals surface area contributed by atoms with Gasteiger partial charge in [-0.1, -0.05) is 0 Å². The molecule has 7 heteroatoms. The molecule has 0 aromatic heterocycles. The topological polar surface area (TPSA) is 58.4 Å². The van der Waals surface area contributed by atoms with E-state index in [9.17, 15) is 18.9 Å². The number of halogens is 2. The normalized spacial score (nSPS) is 16.8. The molecule has 0 atom stereocenters. The van der Waals surface area contributed by atoms with Crippen LogP contribution >= 0.6 is 0 Å². The second kappa shape index (κ2) is 6.03. The van der Waals surface area contributed by atoms with Gasteiger partial charge in [0.05, 0.1) is 4.92 Å². The lowest BCUT2D eigenvalue weighted by atomic mass is 9.75. The van der Waals surface area contributed by atoms with Crippen molar-refractivity contribution in [3.05, 3.63) is 39.4 Å². The van der Waals surface area contributed by atoms with Crippen LogP contribution in [0.4, 0.5) is 14.5 Å².